The van der Waals surface area contributed by atoms with Crippen LogP contribution < -0.4 is 10.5 Å². The van der Waals surface area contributed by atoms with Crippen LogP contribution in [0.5, 0.6) is 5.75 Å². The van der Waals surface area contributed by atoms with Crippen LogP contribution in [0.15, 0.2) is 41.0 Å². The molecule has 0 spiro atoms. The summed E-state index contributed by atoms with van der Waals surface area (Å²) in [6, 6.07) is 9.97. The highest BCUT2D eigenvalue weighted by atomic mass is 79.9. The molecule has 2 rings (SSSR count). The van der Waals surface area contributed by atoms with Gasteiger partial charge in [0, 0.05) is 16.7 Å². The molecule has 3 nitrogen and oxygen atoms in total. The molecule has 0 aliphatic carbocycles. The van der Waals surface area contributed by atoms with Crippen LogP contribution in [0.4, 0.5) is 0 Å². The third-order valence-corrected chi connectivity index (χ3v) is 3.36. The number of aromatic nitrogens is 1. The number of rotatable bonds is 4. The van der Waals surface area contributed by atoms with E-state index in [1.807, 2.05) is 38.1 Å². The number of aryl methyl sites for hydroxylation is 1. The molecule has 100 valence electrons. The van der Waals surface area contributed by atoms with Crippen LogP contribution in [-0.2, 0) is 6.61 Å². The largest absolute Gasteiger partial charge is 0.487 e. The zero-order valence-electron chi connectivity index (χ0n) is 11.1. The molecule has 1 aromatic heterocycles. The Hall–Kier alpha value is -1.39. The molecule has 0 aliphatic heterocycles. The van der Waals surface area contributed by atoms with E-state index < -0.39 is 0 Å². The van der Waals surface area contributed by atoms with Crippen molar-refractivity contribution in [2.75, 3.05) is 0 Å². The molecular weight excluding hydrogens is 304 g/mol. The molecule has 19 heavy (non-hydrogen) atoms. The van der Waals surface area contributed by atoms with Crippen molar-refractivity contribution in [3.05, 3.63) is 57.8 Å². The molecule has 1 atom stereocenters. The fraction of sp³-hybridized carbons (Fsp3) is 0.267. The zero-order chi connectivity index (χ0) is 13.8. The zero-order valence-corrected chi connectivity index (χ0v) is 12.6. The molecule has 2 N–H and O–H groups in total. The summed E-state index contributed by atoms with van der Waals surface area (Å²) < 4.78 is 6.75. The molecular formula is C15H17BrN2O. The number of hydrogen-bond acceptors (Lipinski definition) is 3. The number of nitrogens with zero attached hydrogens (tertiary/aromatic N) is 1. The topological polar surface area (TPSA) is 48.1 Å². The van der Waals surface area contributed by atoms with Crippen molar-refractivity contribution in [1.29, 1.82) is 0 Å². The van der Waals surface area contributed by atoms with E-state index >= 15 is 0 Å². The van der Waals surface area contributed by atoms with Crippen molar-refractivity contribution in [2.24, 2.45) is 5.73 Å². The average molecular weight is 321 g/mol. The SMILES string of the molecule is Cc1cc(C(C)N)ccc1OCc1ccc(Br)cn1. The number of pyridine rings is 1. The van der Waals surface area contributed by atoms with Crippen molar-refractivity contribution in [2.45, 2.75) is 26.5 Å². The second kappa shape index (κ2) is 6.17. The summed E-state index contributed by atoms with van der Waals surface area (Å²) in [4.78, 5) is 4.28. The van der Waals surface area contributed by atoms with E-state index in [0.717, 1.165) is 27.0 Å². The molecule has 4 heteroatoms. The molecule has 2 aromatic rings. The number of benzene rings is 1. The van der Waals surface area contributed by atoms with Gasteiger partial charge in [0.1, 0.15) is 12.4 Å². The molecule has 0 bridgehead atoms. The van der Waals surface area contributed by atoms with Crippen LogP contribution in [0.25, 0.3) is 0 Å². The maximum atomic E-state index is 5.86. The van der Waals surface area contributed by atoms with Gasteiger partial charge in [0.15, 0.2) is 0 Å². The Morgan fingerprint density at radius 2 is 2.11 bits per heavy atom. The average Bonchev–Trinajstić information content (AvgIpc) is 2.39. The fourth-order valence-electron chi connectivity index (χ4n) is 1.76. The summed E-state index contributed by atoms with van der Waals surface area (Å²) in [5.41, 5.74) is 8.97. The highest BCUT2D eigenvalue weighted by molar-refractivity contribution is 9.10. The Labute approximate surface area is 121 Å². The van der Waals surface area contributed by atoms with E-state index in [1.54, 1.807) is 6.20 Å². The molecule has 0 amide bonds. The highest BCUT2D eigenvalue weighted by Gasteiger charge is 2.05. The van der Waals surface area contributed by atoms with Gasteiger partial charge in [0.25, 0.3) is 0 Å². The summed E-state index contributed by atoms with van der Waals surface area (Å²) >= 11 is 3.36. The van der Waals surface area contributed by atoms with E-state index in [-0.39, 0.29) is 6.04 Å². The third kappa shape index (κ3) is 3.78. The normalized spacial score (nSPS) is 12.2. The Balaban J connectivity index is 2.05. The lowest BCUT2D eigenvalue weighted by atomic mass is 10.1. The van der Waals surface area contributed by atoms with Crippen LogP contribution in [0.3, 0.4) is 0 Å². The monoisotopic (exact) mass is 320 g/mol. The lowest BCUT2D eigenvalue weighted by Gasteiger charge is -2.12. The summed E-state index contributed by atoms with van der Waals surface area (Å²) in [6.07, 6.45) is 1.77. The minimum absolute atomic E-state index is 0.0425. The van der Waals surface area contributed by atoms with Crippen molar-refractivity contribution >= 4 is 15.9 Å². The Kier molecular flexibility index (Phi) is 4.56. The van der Waals surface area contributed by atoms with Gasteiger partial charge in [-0.05, 0) is 59.1 Å². The predicted molar refractivity (Wildman–Crippen MR) is 80.1 cm³/mol. The van der Waals surface area contributed by atoms with E-state index in [4.69, 9.17) is 10.5 Å². The van der Waals surface area contributed by atoms with Crippen LogP contribution in [0, 0.1) is 6.92 Å². The summed E-state index contributed by atoms with van der Waals surface area (Å²) in [6.45, 7) is 4.46. The molecule has 1 heterocycles. The lowest BCUT2D eigenvalue weighted by molar-refractivity contribution is 0.299. The van der Waals surface area contributed by atoms with Crippen molar-refractivity contribution in [3.8, 4) is 5.75 Å². The van der Waals surface area contributed by atoms with E-state index in [9.17, 15) is 0 Å². The first-order chi connectivity index (χ1) is 9.06. The molecule has 0 saturated carbocycles. The fourth-order valence-corrected chi connectivity index (χ4v) is 2.00. The second-order valence-corrected chi connectivity index (χ2v) is 5.49. The molecule has 0 aliphatic rings. The maximum Gasteiger partial charge on any atom is 0.130 e. The van der Waals surface area contributed by atoms with E-state index in [0.29, 0.717) is 6.61 Å². The van der Waals surface area contributed by atoms with Crippen LogP contribution in [0.2, 0.25) is 0 Å². The van der Waals surface area contributed by atoms with Crippen molar-refractivity contribution < 1.29 is 4.74 Å². The minimum Gasteiger partial charge on any atom is -0.487 e. The van der Waals surface area contributed by atoms with Gasteiger partial charge in [-0.2, -0.15) is 0 Å². The summed E-state index contributed by atoms with van der Waals surface area (Å²) in [5.74, 6) is 0.870. The maximum absolute atomic E-state index is 5.86. The highest BCUT2D eigenvalue weighted by Crippen LogP contribution is 2.22. The van der Waals surface area contributed by atoms with Crippen molar-refractivity contribution in [1.82, 2.24) is 4.98 Å². The van der Waals surface area contributed by atoms with Crippen LogP contribution in [-0.4, -0.2) is 4.98 Å². The predicted octanol–water partition coefficient (Wildman–Crippen LogP) is 3.75. The van der Waals surface area contributed by atoms with Gasteiger partial charge < -0.3 is 10.5 Å². The molecule has 0 radical (unpaired) electrons. The molecule has 1 unspecified atom stereocenters. The lowest BCUT2D eigenvalue weighted by Crippen LogP contribution is -2.06. The Morgan fingerprint density at radius 3 is 2.68 bits per heavy atom. The summed E-state index contributed by atoms with van der Waals surface area (Å²) in [7, 11) is 0. The van der Waals surface area contributed by atoms with Crippen LogP contribution >= 0.6 is 15.9 Å². The quantitative estimate of drug-likeness (QED) is 0.933. The van der Waals surface area contributed by atoms with Gasteiger partial charge >= 0.3 is 0 Å². The minimum atomic E-state index is 0.0425. The first kappa shape index (κ1) is 14.0. The molecule has 1 aromatic carbocycles. The molecule has 0 fully saturated rings. The first-order valence-electron chi connectivity index (χ1n) is 6.15. The number of halogens is 1. The smallest absolute Gasteiger partial charge is 0.130 e. The van der Waals surface area contributed by atoms with E-state index in [2.05, 4.69) is 27.0 Å². The van der Waals surface area contributed by atoms with Crippen LogP contribution in [0.1, 0.15) is 29.8 Å². The molecule has 0 saturated heterocycles. The van der Waals surface area contributed by atoms with Gasteiger partial charge in [-0.25, -0.2) is 0 Å². The third-order valence-electron chi connectivity index (χ3n) is 2.89. The number of hydrogen-bond donors (Lipinski definition) is 1. The summed E-state index contributed by atoms with van der Waals surface area (Å²) in [5, 5.41) is 0. The van der Waals surface area contributed by atoms with Gasteiger partial charge in [0.2, 0.25) is 0 Å². The Bertz CT molecular complexity index is 553. The first-order valence-corrected chi connectivity index (χ1v) is 6.95. The number of nitrogens with two attached hydrogens (primary N) is 1. The van der Waals surface area contributed by atoms with Gasteiger partial charge in [0.05, 0.1) is 5.69 Å². The second-order valence-electron chi connectivity index (χ2n) is 4.57. The van der Waals surface area contributed by atoms with Gasteiger partial charge in [-0.15, -0.1) is 0 Å². The van der Waals surface area contributed by atoms with Crippen molar-refractivity contribution in [3.63, 3.8) is 0 Å². The van der Waals surface area contributed by atoms with E-state index in [1.165, 1.54) is 0 Å². The van der Waals surface area contributed by atoms with Gasteiger partial charge in [-0.1, -0.05) is 12.1 Å². The Morgan fingerprint density at radius 1 is 1.32 bits per heavy atom. The van der Waals surface area contributed by atoms with Gasteiger partial charge in [-0.3, -0.25) is 4.98 Å². The number of ether oxygens (including phenoxy) is 1. The standard InChI is InChI=1S/C15H17BrN2O/c1-10-7-12(11(2)17)3-6-15(10)19-9-14-5-4-13(16)8-18-14/h3-8,11H,9,17H2,1-2H3.